The molecule has 0 N–H and O–H groups in total. The van der Waals surface area contributed by atoms with Gasteiger partial charge in [0.2, 0.25) is 0 Å². The molecule has 0 aliphatic rings. The largest absolute Gasteiger partial charge is 0.513 e. The molecule has 0 saturated carbocycles. The van der Waals surface area contributed by atoms with Crippen LogP contribution in [0.1, 0.15) is 26.7 Å². The van der Waals surface area contributed by atoms with Gasteiger partial charge < -0.3 is 18.9 Å². The third-order valence-electron chi connectivity index (χ3n) is 5.10. The van der Waals surface area contributed by atoms with Crippen LogP contribution in [0.2, 0.25) is 0 Å². The smallest absolute Gasteiger partial charge is 0.462 e. The van der Waals surface area contributed by atoms with E-state index in [0.29, 0.717) is 35.5 Å². The van der Waals surface area contributed by atoms with Gasteiger partial charge in [-0.05, 0) is 78.9 Å². The third-order valence-corrected chi connectivity index (χ3v) is 5.10. The lowest BCUT2D eigenvalue weighted by atomic mass is 10.0. The predicted molar refractivity (Wildman–Crippen MR) is 137 cm³/mol. The molecule has 0 unspecified atom stereocenters. The zero-order valence-electron chi connectivity index (χ0n) is 20.4. The maximum absolute atomic E-state index is 12.0. The minimum absolute atomic E-state index is 0.158. The zero-order valence-corrected chi connectivity index (χ0v) is 20.4. The highest BCUT2D eigenvalue weighted by atomic mass is 16.7. The highest BCUT2D eigenvalue weighted by Gasteiger charge is 2.09. The SMILES string of the molecule is C=C(C)C(=O)OCCCCOC(=O)Oc1ccc2cc(-c3ccc(OC(=O)C(=C)C)cc3)ccc2c1. The Morgan fingerprint density at radius 3 is 1.86 bits per heavy atom. The quantitative estimate of drug-likeness (QED) is 0.107. The van der Waals surface area contributed by atoms with Gasteiger partial charge in [-0.25, -0.2) is 14.4 Å². The molecule has 3 aromatic carbocycles. The molecule has 0 aliphatic carbocycles. The van der Waals surface area contributed by atoms with Crippen molar-refractivity contribution in [2.75, 3.05) is 13.2 Å². The van der Waals surface area contributed by atoms with E-state index in [-0.39, 0.29) is 13.2 Å². The van der Waals surface area contributed by atoms with E-state index in [0.717, 1.165) is 21.9 Å². The fraction of sp³-hybridized carbons (Fsp3) is 0.207. The normalized spacial score (nSPS) is 10.4. The van der Waals surface area contributed by atoms with Crippen LogP contribution in [0.4, 0.5) is 4.79 Å². The van der Waals surface area contributed by atoms with Crippen molar-refractivity contribution < 1.29 is 33.3 Å². The summed E-state index contributed by atoms with van der Waals surface area (Å²) in [6.07, 6.45) is 0.306. The lowest BCUT2D eigenvalue weighted by Gasteiger charge is -2.09. The molecule has 0 saturated heterocycles. The average molecular weight is 489 g/mol. The van der Waals surface area contributed by atoms with Crippen molar-refractivity contribution in [2.24, 2.45) is 0 Å². The summed E-state index contributed by atoms with van der Waals surface area (Å²) in [4.78, 5) is 34.9. The monoisotopic (exact) mass is 488 g/mol. The Morgan fingerprint density at radius 2 is 1.19 bits per heavy atom. The van der Waals surface area contributed by atoms with Gasteiger partial charge in [-0.15, -0.1) is 0 Å². The Labute approximate surface area is 209 Å². The van der Waals surface area contributed by atoms with Crippen molar-refractivity contribution >= 4 is 28.9 Å². The zero-order chi connectivity index (χ0) is 26.1. The van der Waals surface area contributed by atoms with Crippen molar-refractivity contribution in [3.05, 3.63) is 85.0 Å². The third kappa shape index (κ3) is 7.56. The van der Waals surface area contributed by atoms with E-state index in [1.807, 2.05) is 36.4 Å². The average Bonchev–Trinajstić information content (AvgIpc) is 2.86. The highest BCUT2D eigenvalue weighted by Crippen LogP contribution is 2.28. The number of hydrogen-bond donors (Lipinski definition) is 0. The second kappa shape index (κ2) is 12.4. The molecule has 0 atom stereocenters. The lowest BCUT2D eigenvalue weighted by Crippen LogP contribution is -2.12. The first-order chi connectivity index (χ1) is 17.2. The van der Waals surface area contributed by atoms with Crippen LogP contribution in [0.15, 0.2) is 85.0 Å². The topological polar surface area (TPSA) is 88.1 Å². The Balaban J connectivity index is 1.52. The summed E-state index contributed by atoms with van der Waals surface area (Å²) >= 11 is 0. The van der Waals surface area contributed by atoms with E-state index in [1.54, 1.807) is 38.1 Å². The van der Waals surface area contributed by atoms with Gasteiger partial charge in [-0.3, -0.25) is 0 Å². The van der Waals surface area contributed by atoms with Gasteiger partial charge in [-0.2, -0.15) is 0 Å². The van der Waals surface area contributed by atoms with Crippen LogP contribution in [0.3, 0.4) is 0 Å². The van der Waals surface area contributed by atoms with Crippen LogP contribution in [0.25, 0.3) is 21.9 Å². The van der Waals surface area contributed by atoms with E-state index >= 15 is 0 Å². The molecule has 186 valence electrons. The van der Waals surface area contributed by atoms with Gasteiger partial charge in [0, 0.05) is 11.1 Å². The van der Waals surface area contributed by atoms with Crippen LogP contribution in [0.5, 0.6) is 11.5 Å². The molecule has 0 aliphatic heterocycles. The fourth-order valence-electron chi connectivity index (χ4n) is 3.15. The van der Waals surface area contributed by atoms with Crippen molar-refractivity contribution in [2.45, 2.75) is 26.7 Å². The van der Waals surface area contributed by atoms with Crippen molar-refractivity contribution in [1.82, 2.24) is 0 Å². The van der Waals surface area contributed by atoms with E-state index in [2.05, 4.69) is 13.2 Å². The summed E-state index contributed by atoms with van der Waals surface area (Å²) in [5.41, 5.74) is 2.63. The number of ether oxygens (including phenoxy) is 4. The molecule has 3 rings (SSSR count). The number of fused-ring (bicyclic) bond motifs is 1. The molecular formula is C29H28O7. The Kier molecular flexibility index (Phi) is 9.00. The second-order valence-corrected chi connectivity index (χ2v) is 8.24. The molecule has 0 spiro atoms. The number of carbonyl (C=O) groups is 3. The van der Waals surface area contributed by atoms with Gasteiger partial charge >= 0.3 is 18.1 Å². The Hall–Kier alpha value is -4.39. The lowest BCUT2D eigenvalue weighted by molar-refractivity contribution is -0.139. The van der Waals surface area contributed by atoms with Crippen LogP contribution in [-0.2, 0) is 19.1 Å². The molecular weight excluding hydrogens is 460 g/mol. The van der Waals surface area contributed by atoms with Gasteiger partial charge in [0.05, 0.1) is 13.2 Å². The summed E-state index contributed by atoms with van der Waals surface area (Å²) in [5.74, 6) is -0.0676. The second-order valence-electron chi connectivity index (χ2n) is 8.24. The van der Waals surface area contributed by atoms with Crippen LogP contribution in [-0.4, -0.2) is 31.3 Å². The number of benzene rings is 3. The van der Waals surface area contributed by atoms with Crippen LogP contribution < -0.4 is 9.47 Å². The molecule has 0 aromatic heterocycles. The van der Waals surface area contributed by atoms with Crippen molar-refractivity contribution in [3.8, 4) is 22.6 Å². The minimum Gasteiger partial charge on any atom is -0.462 e. The van der Waals surface area contributed by atoms with Crippen LogP contribution >= 0.6 is 0 Å². The van der Waals surface area contributed by atoms with E-state index < -0.39 is 18.1 Å². The number of hydrogen-bond acceptors (Lipinski definition) is 7. The maximum atomic E-state index is 12.0. The molecule has 0 heterocycles. The standard InChI is InChI=1S/C29H28O7/c1-19(2)27(30)33-15-5-6-16-34-29(32)36-26-14-11-23-17-22(7-8-24(23)18-26)21-9-12-25(13-10-21)35-28(31)20(3)4/h7-14,17-18H,1,3,5-6,15-16H2,2,4H3. The number of rotatable bonds is 10. The van der Waals surface area contributed by atoms with E-state index in [9.17, 15) is 14.4 Å². The van der Waals surface area contributed by atoms with E-state index in [4.69, 9.17) is 18.9 Å². The van der Waals surface area contributed by atoms with Gasteiger partial charge in [0.25, 0.3) is 0 Å². The summed E-state index contributed by atoms with van der Waals surface area (Å²) in [6, 6.07) is 18.5. The van der Waals surface area contributed by atoms with Crippen molar-refractivity contribution in [1.29, 1.82) is 0 Å². The van der Waals surface area contributed by atoms with Gasteiger partial charge in [-0.1, -0.05) is 43.5 Å². The molecule has 7 nitrogen and oxygen atoms in total. The molecule has 0 amide bonds. The first kappa shape index (κ1) is 26.2. The van der Waals surface area contributed by atoms with Gasteiger partial charge in [0.1, 0.15) is 11.5 Å². The van der Waals surface area contributed by atoms with Crippen LogP contribution in [0, 0.1) is 0 Å². The summed E-state index contributed by atoms with van der Waals surface area (Å²) in [7, 11) is 0. The summed E-state index contributed by atoms with van der Waals surface area (Å²) < 4.78 is 20.6. The first-order valence-electron chi connectivity index (χ1n) is 11.4. The number of esters is 2. The minimum atomic E-state index is -0.794. The first-order valence-corrected chi connectivity index (χ1v) is 11.4. The Morgan fingerprint density at radius 1 is 0.639 bits per heavy atom. The van der Waals surface area contributed by atoms with Gasteiger partial charge in [0.15, 0.2) is 0 Å². The molecule has 3 aromatic rings. The molecule has 0 fully saturated rings. The van der Waals surface area contributed by atoms with E-state index in [1.165, 1.54) is 0 Å². The predicted octanol–water partition coefficient (Wildman–Crippen LogP) is 6.40. The maximum Gasteiger partial charge on any atom is 0.513 e. The fourth-order valence-corrected chi connectivity index (χ4v) is 3.15. The van der Waals surface area contributed by atoms with Crippen molar-refractivity contribution in [3.63, 3.8) is 0 Å². The molecule has 36 heavy (non-hydrogen) atoms. The summed E-state index contributed by atoms with van der Waals surface area (Å²) in [5, 5.41) is 1.87. The number of carbonyl (C=O) groups excluding carboxylic acids is 3. The number of unbranched alkanes of at least 4 members (excludes halogenated alkanes) is 1. The highest BCUT2D eigenvalue weighted by molar-refractivity contribution is 5.90. The molecule has 0 radical (unpaired) electrons. The Bertz CT molecular complexity index is 1290. The molecule has 0 bridgehead atoms. The summed E-state index contributed by atoms with van der Waals surface area (Å²) in [6.45, 7) is 10.7. The molecule has 7 heteroatoms.